The van der Waals surface area contributed by atoms with Crippen LogP contribution in [0.25, 0.3) is 20.3 Å². The molecule has 0 amide bonds. The van der Waals surface area contributed by atoms with Crippen molar-refractivity contribution in [2.75, 3.05) is 5.32 Å². The van der Waals surface area contributed by atoms with E-state index in [-0.39, 0.29) is 23.0 Å². The van der Waals surface area contributed by atoms with Crippen LogP contribution in [0.4, 0.5) is 5.82 Å². The number of carboxylic acids is 1. The monoisotopic (exact) mass is 399 g/mol. The minimum atomic E-state index is -0.980. The summed E-state index contributed by atoms with van der Waals surface area (Å²) >= 11 is 7.47. The van der Waals surface area contributed by atoms with E-state index >= 15 is 0 Å². The first kappa shape index (κ1) is 17.5. The van der Waals surface area contributed by atoms with Crippen molar-refractivity contribution in [2.45, 2.75) is 13.0 Å². The van der Waals surface area contributed by atoms with Gasteiger partial charge in [0, 0.05) is 16.6 Å². The number of carboxylic acid groups (broad SMARTS) is 1. The smallest absolute Gasteiger partial charge is 0.311 e. The number of fused-ring (bicyclic) bond motifs is 3. The summed E-state index contributed by atoms with van der Waals surface area (Å²) in [4.78, 5) is 20.7. The number of phenols is 1. The van der Waals surface area contributed by atoms with Crippen LogP contribution in [0.5, 0.6) is 5.75 Å². The number of hydrogen-bond donors (Lipinski definition) is 3. The summed E-state index contributed by atoms with van der Waals surface area (Å²) in [5, 5.41) is 24.1. The van der Waals surface area contributed by atoms with Gasteiger partial charge in [0.05, 0.1) is 10.4 Å². The fraction of sp³-hybridized carbons (Fsp3) is 0.105. The second-order valence-corrected chi connectivity index (χ2v) is 7.41. The van der Waals surface area contributed by atoms with Gasteiger partial charge < -0.3 is 15.5 Å². The lowest BCUT2D eigenvalue weighted by Gasteiger charge is -2.10. The van der Waals surface area contributed by atoms with Gasteiger partial charge in [0.2, 0.25) is 0 Å². The van der Waals surface area contributed by atoms with Crippen LogP contribution in [-0.2, 0) is 17.8 Å². The SMILES string of the molecule is O=C(O)Cc1nc(NCc2ccc(O)c(Cl)c2)c2c(n1)sc1ccccc12. The van der Waals surface area contributed by atoms with Gasteiger partial charge in [-0.25, -0.2) is 9.97 Å². The number of nitrogens with zero attached hydrogens (tertiary/aromatic N) is 2. The quantitative estimate of drug-likeness (QED) is 0.459. The minimum absolute atomic E-state index is 0.0254. The lowest BCUT2D eigenvalue weighted by atomic mass is 10.2. The predicted molar refractivity (Wildman–Crippen MR) is 107 cm³/mol. The van der Waals surface area contributed by atoms with E-state index in [9.17, 15) is 9.90 Å². The molecule has 0 aliphatic rings. The largest absolute Gasteiger partial charge is 0.506 e. The number of thiophene rings is 1. The first-order valence-corrected chi connectivity index (χ1v) is 9.32. The molecule has 0 fully saturated rings. The molecule has 0 saturated heterocycles. The van der Waals surface area contributed by atoms with Crippen molar-refractivity contribution >= 4 is 55.0 Å². The Morgan fingerprint density at radius 1 is 1.19 bits per heavy atom. The van der Waals surface area contributed by atoms with E-state index in [0.29, 0.717) is 12.4 Å². The van der Waals surface area contributed by atoms with Crippen LogP contribution in [-0.4, -0.2) is 26.2 Å². The Labute approximate surface area is 163 Å². The van der Waals surface area contributed by atoms with Crippen LogP contribution in [0, 0.1) is 0 Å². The average Bonchev–Trinajstić information content (AvgIpc) is 3.00. The zero-order valence-electron chi connectivity index (χ0n) is 13.9. The van der Waals surface area contributed by atoms with Crippen molar-refractivity contribution in [3.05, 3.63) is 58.9 Å². The number of nitrogens with one attached hydrogen (secondary N) is 1. The fourth-order valence-electron chi connectivity index (χ4n) is 2.86. The molecule has 0 aliphatic carbocycles. The Hall–Kier alpha value is -2.90. The number of phenolic OH excluding ortho intramolecular Hbond substituents is 1. The zero-order valence-corrected chi connectivity index (χ0v) is 15.5. The zero-order chi connectivity index (χ0) is 19.0. The predicted octanol–water partition coefficient (Wildman–Crippen LogP) is 4.44. The second-order valence-electron chi connectivity index (χ2n) is 5.98. The van der Waals surface area contributed by atoms with Gasteiger partial charge in [-0.05, 0) is 23.8 Å². The molecule has 0 spiro atoms. The number of rotatable bonds is 5. The number of aliphatic carboxylic acids is 1. The molecule has 3 N–H and O–H groups in total. The van der Waals surface area contributed by atoms with E-state index in [1.54, 1.807) is 12.1 Å². The maximum absolute atomic E-state index is 11.1. The Balaban J connectivity index is 1.78. The first-order chi connectivity index (χ1) is 13.0. The number of anilines is 1. The van der Waals surface area contributed by atoms with Gasteiger partial charge in [0.15, 0.2) is 0 Å². The number of halogens is 1. The van der Waals surface area contributed by atoms with Crippen LogP contribution in [0.2, 0.25) is 5.02 Å². The molecule has 2 aromatic heterocycles. The molecule has 136 valence electrons. The molecule has 0 radical (unpaired) electrons. The van der Waals surface area contributed by atoms with Crippen molar-refractivity contribution in [3.8, 4) is 5.75 Å². The standard InChI is InChI=1S/C19H14ClN3O3S/c20-12-7-10(5-6-13(12)24)9-21-18-17-11-3-1-2-4-14(11)27-19(17)23-15(22-18)8-16(25)26/h1-7,24H,8-9H2,(H,25,26)(H,21,22,23). The van der Waals surface area contributed by atoms with Gasteiger partial charge in [-0.3, -0.25) is 4.79 Å². The Kier molecular flexibility index (Phi) is 4.55. The summed E-state index contributed by atoms with van der Waals surface area (Å²) in [5.74, 6) is -0.116. The lowest BCUT2D eigenvalue weighted by Crippen LogP contribution is -2.08. The molecular formula is C19H14ClN3O3S. The van der Waals surface area contributed by atoms with E-state index in [0.717, 1.165) is 25.9 Å². The van der Waals surface area contributed by atoms with Gasteiger partial charge in [0.25, 0.3) is 0 Å². The molecule has 4 rings (SSSR count). The number of hydrogen-bond acceptors (Lipinski definition) is 6. The van der Waals surface area contributed by atoms with E-state index in [1.807, 2.05) is 24.3 Å². The highest BCUT2D eigenvalue weighted by Gasteiger charge is 2.15. The van der Waals surface area contributed by atoms with E-state index < -0.39 is 5.97 Å². The van der Waals surface area contributed by atoms with Crippen LogP contribution >= 0.6 is 22.9 Å². The molecule has 4 aromatic rings. The highest BCUT2D eigenvalue weighted by Crippen LogP contribution is 2.36. The maximum Gasteiger partial charge on any atom is 0.311 e. The summed E-state index contributed by atoms with van der Waals surface area (Å²) in [5.41, 5.74) is 0.865. The summed E-state index contributed by atoms with van der Waals surface area (Å²) in [7, 11) is 0. The molecule has 0 aliphatic heterocycles. The van der Waals surface area contributed by atoms with E-state index in [1.165, 1.54) is 17.4 Å². The van der Waals surface area contributed by atoms with Crippen molar-refractivity contribution in [3.63, 3.8) is 0 Å². The Morgan fingerprint density at radius 2 is 2.00 bits per heavy atom. The molecule has 2 heterocycles. The molecule has 8 heteroatoms. The van der Waals surface area contributed by atoms with Crippen LogP contribution in [0.1, 0.15) is 11.4 Å². The summed E-state index contributed by atoms with van der Waals surface area (Å²) in [6.07, 6.45) is -0.246. The highest BCUT2D eigenvalue weighted by atomic mass is 35.5. The molecular weight excluding hydrogens is 386 g/mol. The molecule has 0 unspecified atom stereocenters. The average molecular weight is 400 g/mol. The van der Waals surface area contributed by atoms with Gasteiger partial charge in [-0.2, -0.15) is 0 Å². The number of aromatic nitrogens is 2. The van der Waals surface area contributed by atoms with Crippen molar-refractivity contribution < 1.29 is 15.0 Å². The lowest BCUT2D eigenvalue weighted by molar-refractivity contribution is -0.136. The third kappa shape index (κ3) is 3.51. The van der Waals surface area contributed by atoms with Crippen molar-refractivity contribution in [2.24, 2.45) is 0 Å². The molecule has 0 atom stereocenters. The fourth-order valence-corrected chi connectivity index (χ4v) is 4.15. The van der Waals surface area contributed by atoms with Gasteiger partial charge in [0.1, 0.15) is 28.6 Å². The van der Waals surface area contributed by atoms with Gasteiger partial charge >= 0.3 is 5.97 Å². The van der Waals surface area contributed by atoms with Crippen LogP contribution < -0.4 is 5.32 Å². The number of aromatic hydroxyl groups is 1. The highest BCUT2D eigenvalue weighted by molar-refractivity contribution is 7.25. The maximum atomic E-state index is 11.1. The summed E-state index contributed by atoms with van der Waals surface area (Å²) < 4.78 is 1.06. The number of carbonyl (C=O) groups is 1. The topological polar surface area (TPSA) is 95.3 Å². The Morgan fingerprint density at radius 3 is 2.78 bits per heavy atom. The second kappa shape index (κ2) is 7.02. The summed E-state index contributed by atoms with van der Waals surface area (Å²) in [6, 6.07) is 12.9. The van der Waals surface area contributed by atoms with Crippen LogP contribution in [0.3, 0.4) is 0 Å². The van der Waals surface area contributed by atoms with Crippen molar-refractivity contribution in [1.29, 1.82) is 0 Å². The molecule has 6 nitrogen and oxygen atoms in total. The molecule has 2 aromatic carbocycles. The van der Waals surface area contributed by atoms with Gasteiger partial charge in [-0.15, -0.1) is 11.3 Å². The molecule has 0 saturated carbocycles. The summed E-state index contributed by atoms with van der Waals surface area (Å²) in [6.45, 7) is 0.419. The van der Waals surface area contributed by atoms with E-state index in [4.69, 9.17) is 16.7 Å². The molecule has 27 heavy (non-hydrogen) atoms. The number of benzene rings is 2. The normalized spacial score (nSPS) is 11.1. The Bertz CT molecular complexity index is 1180. The first-order valence-electron chi connectivity index (χ1n) is 8.12. The van der Waals surface area contributed by atoms with Crippen LogP contribution in [0.15, 0.2) is 42.5 Å². The third-order valence-corrected chi connectivity index (χ3v) is 5.43. The molecule has 0 bridgehead atoms. The van der Waals surface area contributed by atoms with Crippen molar-refractivity contribution in [1.82, 2.24) is 9.97 Å². The third-order valence-electron chi connectivity index (χ3n) is 4.07. The minimum Gasteiger partial charge on any atom is -0.506 e. The van der Waals surface area contributed by atoms with Gasteiger partial charge in [-0.1, -0.05) is 35.9 Å². The van der Waals surface area contributed by atoms with E-state index in [2.05, 4.69) is 15.3 Å².